The molecule has 2 saturated heterocycles. The summed E-state index contributed by atoms with van der Waals surface area (Å²) in [4.78, 5) is 22.1. The number of pyridine rings is 1. The number of anilines is 1. The zero-order valence-electron chi connectivity index (χ0n) is 18.9. The van der Waals surface area contributed by atoms with E-state index >= 15 is 0 Å². The molecule has 170 valence electrons. The summed E-state index contributed by atoms with van der Waals surface area (Å²) in [6.07, 6.45) is 12.7. The van der Waals surface area contributed by atoms with Gasteiger partial charge >= 0.3 is 0 Å². The second-order valence-corrected chi connectivity index (χ2v) is 10.1. The number of amides is 1. The monoisotopic (exact) mass is 461 g/mol. The molecule has 0 unspecified atom stereocenters. The van der Waals surface area contributed by atoms with E-state index in [-0.39, 0.29) is 5.91 Å². The first-order valence-corrected chi connectivity index (χ1v) is 12.8. The Labute approximate surface area is 198 Å². The first-order valence-electron chi connectivity index (χ1n) is 11.6. The standard InChI is InChI=1S/C25H29N6OS/c1-20-15-24(30(17-20)23-6-2-3-7-26-23)27-8-10-29(11-9-27)31-13-4-5-22(31)16-21(18-31)25(32)28-12-14-33-19-28/h2-7,13,15-17H,8-12,14,18-19H2,1H3/q+1/t31-/m1/s1. The van der Waals surface area contributed by atoms with Gasteiger partial charge in [0.05, 0.1) is 24.5 Å². The lowest BCUT2D eigenvalue weighted by Crippen LogP contribution is -2.60. The molecule has 0 N–H and O–H groups in total. The minimum absolute atomic E-state index is 0.212. The van der Waals surface area contributed by atoms with Crippen molar-refractivity contribution in [3.05, 3.63) is 77.9 Å². The van der Waals surface area contributed by atoms with Gasteiger partial charge in [0, 0.05) is 49.9 Å². The van der Waals surface area contributed by atoms with Crippen molar-refractivity contribution in [2.45, 2.75) is 6.92 Å². The third-order valence-electron chi connectivity index (χ3n) is 7.01. The Balaban J connectivity index is 1.18. The van der Waals surface area contributed by atoms with Crippen LogP contribution >= 0.6 is 11.8 Å². The molecule has 7 nitrogen and oxygen atoms in total. The summed E-state index contributed by atoms with van der Waals surface area (Å²) in [6, 6.07) is 8.29. The number of rotatable bonds is 4. The molecule has 2 fully saturated rings. The summed E-state index contributed by atoms with van der Waals surface area (Å²) in [6.45, 7) is 7.46. The number of hydrogen-bond acceptors (Lipinski definition) is 5. The van der Waals surface area contributed by atoms with E-state index in [1.165, 1.54) is 17.1 Å². The summed E-state index contributed by atoms with van der Waals surface area (Å²) in [5.74, 6) is 4.22. The van der Waals surface area contributed by atoms with Crippen molar-refractivity contribution >= 4 is 23.5 Å². The predicted octanol–water partition coefficient (Wildman–Crippen LogP) is 2.92. The van der Waals surface area contributed by atoms with Crippen molar-refractivity contribution in [1.29, 1.82) is 0 Å². The molecule has 4 aliphatic rings. The van der Waals surface area contributed by atoms with Crippen LogP contribution in [0.3, 0.4) is 0 Å². The summed E-state index contributed by atoms with van der Waals surface area (Å²) in [5.41, 5.74) is 3.39. The van der Waals surface area contributed by atoms with E-state index in [4.69, 9.17) is 0 Å². The van der Waals surface area contributed by atoms with Crippen LogP contribution in [-0.2, 0) is 4.79 Å². The van der Waals surface area contributed by atoms with Gasteiger partial charge in [-0.1, -0.05) is 6.07 Å². The topological polar surface area (TPSA) is 44.6 Å². The number of fused-ring (bicyclic) bond motifs is 1. The first kappa shape index (κ1) is 20.8. The fraction of sp³-hybridized carbons (Fsp3) is 0.360. The number of hydrogen-bond donors (Lipinski definition) is 0. The van der Waals surface area contributed by atoms with E-state index in [1.54, 1.807) is 0 Å². The highest BCUT2D eigenvalue weighted by molar-refractivity contribution is 7.99. The number of allylic oxidation sites excluding steroid dienone is 3. The molecular formula is C25H29N6OS+. The summed E-state index contributed by atoms with van der Waals surface area (Å²) < 4.78 is 2.86. The van der Waals surface area contributed by atoms with Crippen LogP contribution in [0.2, 0.25) is 0 Å². The van der Waals surface area contributed by atoms with Crippen LogP contribution < -0.4 is 4.90 Å². The molecule has 2 aromatic rings. The molecule has 6 rings (SSSR count). The van der Waals surface area contributed by atoms with Gasteiger partial charge in [-0.2, -0.15) is 4.59 Å². The van der Waals surface area contributed by atoms with Crippen LogP contribution in [0, 0.1) is 6.92 Å². The molecule has 0 aromatic carbocycles. The normalized spacial score (nSPS) is 24.9. The number of piperazine rings is 1. The van der Waals surface area contributed by atoms with Gasteiger partial charge in [-0.25, -0.2) is 4.98 Å². The number of carbonyl (C=O) groups is 1. The number of thioether (sulfide) groups is 1. The first-order chi connectivity index (χ1) is 16.1. The van der Waals surface area contributed by atoms with Gasteiger partial charge in [0.2, 0.25) is 0 Å². The molecule has 0 spiro atoms. The van der Waals surface area contributed by atoms with E-state index in [9.17, 15) is 4.79 Å². The number of carbonyl (C=O) groups excluding carboxylic acids is 1. The quantitative estimate of drug-likeness (QED) is 0.655. The van der Waals surface area contributed by atoms with Crippen molar-refractivity contribution in [3.8, 4) is 5.82 Å². The Morgan fingerprint density at radius 1 is 1.15 bits per heavy atom. The maximum absolute atomic E-state index is 13.1. The van der Waals surface area contributed by atoms with Gasteiger partial charge in [-0.05, 0) is 36.8 Å². The van der Waals surface area contributed by atoms with E-state index < -0.39 is 0 Å². The number of quaternary nitrogens is 1. The van der Waals surface area contributed by atoms with E-state index in [1.807, 2.05) is 35.0 Å². The molecule has 0 bridgehead atoms. The Morgan fingerprint density at radius 2 is 2.03 bits per heavy atom. The fourth-order valence-electron chi connectivity index (χ4n) is 5.34. The Bertz CT molecular complexity index is 1150. The smallest absolute Gasteiger partial charge is 0.256 e. The van der Waals surface area contributed by atoms with E-state index in [2.05, 4.69) is 69.1 Å². The Morgan fingerprint density at radius 3 is 2.79 bits per heavy atom. The number of aryl methyl sites for hydroxylation is 1. The third kappa shape index (κ3) is 3.53. The lowest BCUT2D eigenvalue weighted by molar-refractivity contribution is -0.948. The third-order valence-corrected chi connectivity index (χ3v) is 7.98. The Hall–Kier alpha value is -2.81. The number of nitrogens with zero attached hydrogens (tertiary/aromatic N) is 6. The van der Waals surface area contributed by atoms with Crippen molar-refractivity contribution in [2.24, 2.45) is 0 Å². The Kier molecular flexibility index (Phi) is 5.16. The van der Waals surface area contributed by atoms with Gasteiger partial charge in [0.15, 0.2) is 5.70 Å². The zero-order valence-corrected chi connectivity index (χ0v) is 19.7. The van der Waals surface area contributed by atoms with Crippen LogP contribution in [0.5, 0.6) is 0 Å². The molecule has 0 aliphatic carbocycles. The minimum Gasteiger partial charge on any atom is -0.355 e. The molecule has 33 heavy (non-hydrogen) atoms. The second-order valence-electron chi connectivity index (χ2n) is 9.07. The highest BCUT2D eigenvalue weighted by Crippen LogP contribution is 2.38. The average Bonchev–Trinajstić information content (AvgIpc) is 3.62. The van der Waals surface area contributed by atoms with Crippen molar-refractivity contribution < 1.29 is 9.39 Å². The van der Waals surface area contributed by atoms with Crippen LogP contribution in [0.25, 0.3) is 5.82 Å². The van der Waals surface area contributed by atoms with Crippen LogP contribution in [0.15, 0.2) is 72.4 Å². The molecule has 1 amide bonds. The van der Waals surface area contributed by atoms with Crippen LogP contribution in [-0.4, -0.2) is 80.9 Å². The van der Waals surface area contributed by atoms with Crippen molar-refractivity contribution in [1.82, 2.24) is 19.5 Å². The zero-order chi connectivity index (χ0) is 22.4. The SMILES string of the molecule is Cc1cc(N2CCN([N@@+]34C=CC=C3C=C(C(=O)N3CCSC3)C4)CC2)n(-c2ccccn2)c1. The summed E-state index contributed by atoms with van der Waals surface area (Å²) in [7, 11) is 0. The molecule has 0 saturated carbocycles. The molecule has 2 aromatic heterocycles. The van der Waals surface area contributed by atoms with Crippen molar-refractivity contribution in [3.63, 3.8) is 0 Å². The van der Waals surface area contributed by atoms with Gasteiger partial charge < -0.3 is 9.80 Å². The van der Waals surface area contributed by atoms with Crippen LogP contribution in [0.1, 0.15) is 5.56 Å². The van der Waals surface area contributed by atoms with Gasteiger partial charge in [0.25, 0.3) is 5.91 Å². The molecule has 6 heterocycles. The highest BCUT2D eigenvalue weighted by Gasteiger charge is 2.48. The van der Waals surface area contributed by atoms with Crippen LogP contribution in [0.4, 0.5) is 5.82 Å². The average molecular weight is 462 g/mol. The molecule has 4 aliphatic heterocycles. The lowest BCUT2D eigenvalue weighted by atomic mass is 10.2. The maximum Gasteiger partial charge on any atom is 0.256 e. The van der Waals surface area contributed by atoms with Gasteiger partial charge in [0.1, 0.15) is 24.4 Å². The van der Waals surface area contributed by atoms with E-state index in [0.29, 0.717) is 4.59 Å². The molecule has 8 heteroatoms. The number of aromatic nitrogens is 2. The van der Waals surface area contributed by atoms with E-state index in [0.717, 1.165) is 62.3 Å². The van der Waals surface area contributed by atoms with Gasteiger partial charge in [-0.3, -0.25) is 9.36 Å². The lowest BCUT2D eigenvalue weighted by Gasteiger charge is -2.44. The minimum atomic E-state index is 0.212. The second kappa shape index (κ2) is 8.20. The molecule has 0 radical (unpaired) electrons. The summed E-state index contributed by atoms with van der Waals surface area (Å²) in [5, 5.41) is 2.52. The fourth-order valence-corrected chi connectivity index (χ4v) is 6.28. The maximum atomic E-state index is 13.1. The largest absolute Gasteiger partial charge is 0.355 e. The summed E-state index contributed by atoms with van der Waals surface area (Å²) >= 11 is 1.84. The van der Waals surface area contributed by atoms with Crippen molar-refractivity contribution in [2.75, 3.05) is 55.8 Å². The molecular weight excluding hydrogens is 432 g/mol. The predicted molar refractivity (Wildman–Crippen MR) is 132 cm³/mol. The van der Waals surface area contributed by atoms with Gasteiger partial charge in [-0.15, -0.1) is 16.8 Å². The molecule has 1 atom stereocenters. The highest BCUT2D eigenvalue weighted by atomic mass is 32.2.